The monoisotopic (exact) mass is 537 g/mol. The third kappa shape index (κ3) is 6.14. The Bertz CT molecular complexity index is 1320. The van der Waals surface area contributed by atoms with Crippen LogP contribution in [0, 0.1) is 6.92 Å². The molecule has 1 fully saturated rings. The summed E-state index contributed by atoms with van der Waals surface area (Å²) in [7, 11) is -2.32. The van der Waals surface area contributed by atoms with Crippen molar-refractivity contribution >= 4 is 21.7 Å². The standard InChI is InChI=1S/C28H35N5O4S/c1-5-22(3)33(38(35,36)25-12-10-24(37-4)11-13-25)20-28(34)32-18-16-31(17-19-32)27-15-14-26(29-30-27)23-8-6-21(2)7-9-23/h6-15,22H,5,16-20H2,1-4H3. The second kappa shape index (κ2) is 11.9. The summed E-state index contributed by atoms with van der Waals surface area (Å²) >= 11 is 0. The third-order valence-corrected chi connectivity index (χ3v) is 8.97. The summed E-state index contributed by atoms with van der Waals surface area (Å²) in [5, 5.41) is 8.80. The highest BCUT2D eigenvalue weighted by molar-refractivity contribution is 7.89. The van der Waals surface area contributed by atoms with Crippen LogP contribution >= 0.6 is 0 Å². The number of sulfonamides is 1. The number of hydrogen-bond acceptors (Lipinski definition) is 7. The molecule has 2 heterocycles. The molecule has 0 saturated carbocycles. The number of carbonyl (C=O) groups excluding carboxylic acids is 1. The van der Waals surface area contributed by atoms with Crippen LogP contribution in [0.25, 0.3) is 11.3 Å². The van der Waals surface area contributed by atoms with Crippen molar-refractivity contribution in [1.29, 1.82) is 0 Å². The molecule has 1 aliphatic heterocycles. The molecule has 2 aromatic carbocycles. The molecule has 1 amide bonds. The van der Waals surface area contributed by atoms with Crippen LogP contribution in [0.4, 0.5) is 5.82 Å². The second-order valence-corrected chi connectivity index (χ2v) is 11.4. The third-order valence-electron chi connectivity index (χ3n) is 6.99. The number of hydrogen-bond donors (Lipinski definition) is 0. The maximum atomic E-state index is 13.4. The van der Waals surface area contributed by atoms with Crippen molar-refractivity contribution in [2.45, 2.75) is 38.1 Å². The minimum atomic E-state index is -3.85. The van der Waals surface area contributed by atoms with Gasteiger partial charge in [-0.3, -0.25) is 4.79 Å². The largest absolute Gasteiger partial charge is 0.497 e. The summed E-state index contributed by atoms with van der Waals surface area (Å²) in [6.45, 7) is 7.74. The molecule has 4 rings (SSSR count). The van der Waals surface area contributed by atoms with Gasteiger partial charge in [-0.05, 0) is 56.7 Å². The lowest BCUT2D eigenvalue weighted by molar-refractivity contribution is -0.132. The quantitative estimate of drug-likeness (QED) is 0.412. The summed E-state index contributed by atoms with van der Waals surface area (Å²) in [6.07, 6.45) is 0.591. The van der Waals surface area contributed by atoms with E-state index in [1.165, 1.54) is 29.1 Å². The number of nitrogens with zero attached hydrogens (tertiary/aromatic N) is 5. The summed E-state index contributed by atoms with van der Waals surface area (Å²) in [5.41, 5.74) is 3.02. The fourth-order valence-electron chi connectivity index (χ4n) is 4.35. The molecule has 0 N–H and O–H groups in total. The summed E-state index contributed by atoms with van der Waals surface area (Å²) in [6, 6.07) is 18.0. The van der Waals surface area contributed by atoms with Gasteiger partial charge in [0, 0.05) is 37.8 Å². The number of methoxy groups -OCH3 is 1. The van der Waals surface area contributed by atoms with Gasteiger partial charge in [0.05, 0.1) is 24.2 Å². The van der Waals surface area contributed by atoms with E-state index in [1.54, 1.807) is 17.0 Å². The first kappa shape index (κ1) is 27.5. The molecule has 0 aliphatic carbocycles. The number of aromatic nitrogens is 2. The van der Waals surface area contributed by atoms with E-state index in [-0.39, 0.29) is 23.4 Å². The van der Waals surface area contributed by atoms with Crippen molar-refractivity contribution in [3.63, 3.8) is 0 Å². The molecular weight excluding hydrogens is 502 g/mol. The Morgan fingerprint density at radius 1 is 0.974 bits per heavy atom. The molecule has 202 valence electrons. The Morgan fingerprint density at radius 2 is 1.63 bits per heavy atom. The minimum absolute atomic E-state index is 0.142. The summed E-state index contributed by atoms with van der Waals surface area (Å²) in [5.74, 6) is 1.13. The Kier molecular flexibility index (Phi) is 8.63. The Balaban J connectivity index is 1.39. The first-order valence-electron chi connectivity index (χ1n) is 12.8. The Morgan fingerprint density at radius 3 is 2.18 bits per heavy atom. The highest BCUT2D eigenvalue weighted by Gasteiger charge is 2.32. The smallest absolute Gasteiger partial charge is 0.243 e. The van der Waals surface area contributed by atoms with E-state index in [0.29, 0.717) is 38.3 Å². The summed E-state index contributed by atoms with van der Waals surface area (Å²) < 4.78 is 33.3. The van der Waals surface area contributed by atoms with Gasteiger partial charge >= 0.3 is 0 Å². The van der Waals surface area contributed by atoms with Crippen molar-refractivity contribution in [2.24, 2.45) is 0 Å². The minimum Gasteiger partial charge on any atom is -0.497 e. The zero-order valence-corrected chi connectivity index (χ0v) is 23.2. The number of amides is 1. The topological polar surface area (TPSA) is 95.9 Å². The van der Waals surface area contributed by atoms with E-state index in [0.717, 1.165) is 17.1 Å². The van der Waals surface area contributed by atoms with Crippen molar-refractivity contribution in [3.8, 4) is 17.0 Å². The first-order valence-corrected chi connectivity index (χ1v) is 14.3. The van der Waals surface area contributed by atoms with E-state index in [4.69, 9.17) is 4.74 Å². The molecule has 3 aromatic rings. The number of carbonyl (C=O) groups is 1. The Hall–Kier alpha value is -3.50. The van der Waals surface area contributed by atoms with E-state index in [1.807, 2.05) is 57.2 Å². The second-order valence-electron chi connectivity index (χ2n) is 9.49. The molecule has 0 spiro atoms. The number of ether oxygens (including phenoxy) is 1. The molecule has 0 radical (unpaired) electrons. The maximum Gasteiger partial charge on any atom is 0.243 e. The van der Waals surface area contributed by atoms with Gasteiger partial charge in [0.25, 0.3) is 0 Å². The fraction of sp³-hybridized carbons (Fsp3) is 0.393. The molecule has 9 nitrogen and oxygen atoms in total. The average Bonchev–Trinajstić information content (AvgIpc) is 2.96. The number of rotatable bonds is 9. The van der Waals surface area contributed by atoms with Crippen LogP contribution in [0.15, 0.2) is 65.6 Å². The average molecular weight is 538 g/mol. The van der Waals surface area contributed by atoms with Crippen LogP contribution in [0.3, 0.4) is 0 Å². The van der Waals surface area contributed by atoms with Gasteiger partial charge < -0.3 is 14.5 Å². The molecular formula is C28H35N5O4S. The van der Waals surface area contributed by atoms with Crippen molar-refractivity contribution in [2.75, 3.05) is 44.7 Å². The predicted molar refractivity (Wildman–Crippen MR) is 148 cm³/mol. The molecule has 38 heavy (non-hydrogen) atoms. The van der Waals surface area contributed by atoms with Gasteiger partial charge in [0.2, 0.25) is 15.9 Å². The van der Waals surface area contributed by atoms with Crippen molar-refractivity contribution < 1.29 is 17.9 Å². The fourth-order valence-corrected chi connectivity index (χ4v) is 6.01. The molecule has 10 heteroatoms. The van der Waals surface area contributed by atoms with E-state index < -0.39 is 10.0 Å². The molecule has 1 saturated heterocycles. The van der Waals surface area contributed by atoms with Crippen molar-refractivity contribution in [3.05, 3.63) is 66.2 Å². The lowest BCUT2D eigenvalue weighted by atomic mass is 10.1. The lowest BCUT2D eigenvalue weighted by Crippen LogP contribution is -2.53. The number of anilines is 1. The SMILES string of the molecule is CCC(C)N(CC(=O)N1CCN(c2ccc(-c3ccc(C)cc3)nn2)CC1)S(=O)(=O)c1ccc(OC)cc1. The van der Waals surface area contributed by atoms with Crippen LogP contribution in [-0.2, 0) is 14.8 Å². The summed E-state index contributed by atoms with van der Waals surface area (Å²) in [4.78, 5) is 17.2. The van der Waals surface area contributed by atoms with Gasteiger partial charge in [0.1, 0.15) is 5.75 Å². The van der Waals surface area contributed by atoms with E-state index in [9.17, 15) is 13.2 Å². The number of aryl methyl sites for hydroxylation is 1. The van der Waals surface area contributed by atoms with E-state index >= 15 is 0 Å². The zero-order chi connectivity index (χ0) is 27.3. The first-order chi connectivity index (χ1) is 18.2. The van der Waals surface area contributed by atoms with Gasteiger partial charge in [-0.15, -0.1) is 10.2 Å². The van der Waals surface area contributed by atoms with Gasteiger partial charge in [-0.1, -0.05) is 36.8 Å². The van der Waals surface area contributed by atoms with Crippen LogP contribution in [0.1, 0.15) is 25.8 Å². The number of piperazine rings is 1. The van der Waals surface area contributed by atoms with Gasteiger partial charge in [-0.25, -0.2) is 8.42 Å². The zero-order valence-electron chi connectivity index (χ0n) is 22.4. The van der Waals surface area contributed by atoms with Crippen LogP contribution < -0.4 is 9.64 Å². The highest BCUT2D eigenvalue weighted by Crippen LogP contribution is 2.23. The van der Waals surface area contributed by atoms with Crippen LogP contribution in [0.2, 0.25) is 0 Å². The maximum absolute atomic E-state index is 13.4. The normalized spacial score (nSPS) is 15.0. The Labute approximate surface area is 225 Å². The highest BCUT2D eigenvalue weighted by atomic mass is 32.2. The van der Waals surface area contributed by atoms with E-state index in [2.05, 4.69) is 15.1 Å². The molecule has 1 atom stereocenters. The van der Waals surface area contributed by atoms with Gasteiger partial charge in [-0.2, -0.15) is 4.31 Å². The van der Waals surface area contributed by atoms with Crippen LogP contribution in [-0.4, -0.2) is 79.6 Å². The molecule has 1 unspecified atom stereocenters. The molecule has 0 bridgehead atoms. The molecule has 1 aliphatic rings. The van der Waals surface area contributed by atoms with Crippen molar-refractivity contribution in [1.82, 2.24) is 19.4 Å². The predicted octanol–water partition coefficient (Wildman–Crippen LogP) is 3.60. The van der Waals surface area contributed by atoms with Gasteiger partial charge in [0.15, 0.2) is 5.82 Å². The lowest BCUT2D eigenvalue weighted by Gasteiger charge is -2.36. The van der Waals surface area contributed by atoms with Crippen LogP contribution in [0.5, 0.6) is 5.75 Å². The molecule has 1 aromatic heterocycles. The number of benzene rings is 2.